The molecule has 10 rings (SSSR count). The van der Waals surface area contributed by atoms with Crippen molar-refractivity contribution in [3.8, 4) is 33.6 Å². The van der Waals surface area contributed by atoms with E-state index in [2.05, 4.69) is 150 Å². The van der Waals surface area contributed by atoms with E-state index in [9.17, 15) is 0 Å². The minimum absolute atomic E-state index is 0.949. The van der Waals surface area contributed by atoms with Crippen LogP contribution in [0.2, 0.25) is 0 Å². The molecular weight excluding hydrogens is 544 g/mol. The lowest BCUT2D eigenvalue weighted by Crippen LogP contribution is -2.04. The molecule has 6 aromatic carbocycles. The summed E-state index contributed by atoms with van der Waals surface area (Å²) in [6.45, 7) is 0. The second-order valence-corrected chi connectivity index (χ2v) is 12.3. The van der Waals surface area contributed by atoms with Crippen molar-refractivity contribution in [3.63, 3.8) is 0 Å². The van der Waals surface area contributed by atoms with Gasteiger partial charge in [-0.1, -0.05) is 109 Å². The van der Waals surface area contributed by atoms with E-state index in [0.29, 0.717) is 0 Å². The highest BCUT2D eigenvalue weighted by molar-refractivity contribution is 6.17. The Kier molecular flexibility index (Phi) is 5.15. The van der Waals surface area contributed by atoms with Gasteiger partial charge in [0.05, 0.1) is 11.4 Å². The highest BCUT2D eigenvalue weighted by Crippen LogP contribution is 2.43. The Balaban J connectivity index is 1.13. The Morgan fingerprint density at radius 3 is 2.11 bits per heavy atom. The number of rotatable bonds is 3. The van der Waals surface area contributed by atoms with E-state index < -0.39 is 0 Å². The van der Waals surface area contributed by atoms with Crippen molar-refractivity contribution in [2.45, 2.75) is 12.8 Å². The third kappa shape index (κ3) is 3.66. The maximum Gasteiger partial charge on any atom is 0.137 e. The summed E-state index contributed by atoms with van der Waals surface area (Å²) in [6, 6.07) is 42.0. The number of hydrogen-bond acceptors (Lipinski definition) is 1. The first-order chi connectivity index (χ1) is 22.3. The average Bonchev–Trinajstić information content (AvgIpc) is 3.50. The lowest BCUT2D eigenvalue weighted by Gasteiger charge is -2.24. The Labute approximate surface area is 261 Å². The molecule has 2 aliphatic carbocycles. The number of nitrogens with zero attached hydrogens (tertiary/aromatic N) is 2. The summed E-state index contributed by atoms with van der Waals surface area (Å²) in [5.74, 6) is 0. The smallest absolute Gasteiger partial charge is 0.137 e. The molecule has 2 heteroatoms. The van der Waals surface area contributed by atoms with Gasteiger partial charge in [-0.25, -0.2) is 4.98 Å². The first-order valence-electron chi connectivity index (χ1n) is 15.7. The molecule has 45 heavy (non-hydrogen) atoms. The van der Waals surface area contributed by atoms with E-state index in [-0.39, 0.29) is 0 Å². The van der Waals surface area contributed by atoms with E-state index in [4.69, 9.17) is 4.98 Å². The zero-order chi connectivity index (χ0) is 29.5. The van der Waals surface area contributed by atoms with Gasteiger partial charge in [-0.3, -0.25) is 4.40 Å². The highest BCUT2D eigenvalue weighted by Gasteiger charge is 2.22. The van der Waals surface area contributed by atoms with Crippen molar-refractivity contribution in [2.24, 2.45) is 0 Å². The second-order valence-electron chi connectivity index (χ2n) is 12.3. The van der Waals surface area contributed by atoms with Gasteiger partial charge in [0.25, 0.3) is 0 Å². The average molecular weight is 573 g/mol. The molecule has 0 radical (unpaired) electrons. The fourth-order valence-electron chi connectivity index (χ4n) is 7.77. The summed E-state index contributed by atoms with van der Waals surface area (Å²) in [7, 11) is 0. The molecule has 2 aliphatic rings. The van der Waals surface area contributed by atoms with Crippen LogP contribution < -0.4 is 0 Å². The van der Waals surface area contributed by atoms with Crippen LogP contribution in [0, 0.1) is 0 Å². The predicted molar refractivity (Wildman–Crippen MR) is 189 cm³/mol. The number of aromatic nitrogens is 2. The van der Waals surface area contributed by atoms with Gasteiger partial charge in [0.2, 0.25) is 0 Å². The fraction of sp³-hybridized carbons (Fsp3) is 0.0465. The van der Waals surface area contributed by atoms with Crippen molar-refractivity contribution >= 4 is 50.1 Å². The van der Waals surface area contributed by atoms with Gasteiger partial charge in [0.15, 0.2) is 0 Å². The first kappa shape index (κ1) is 24.7. The molecule has 0 aliphatic heterocycles. The lowest BCUT2D eigenvalue weighted by molar-refractivity contribution is 1.18. The molecule has 8 aromatic rings. The SMILES string of the molecule is C1=Cc2cccc3c2c(c2c4c(cc(-c5ccc(-c6nc7ccccn7c6-c6ccc7ccccc7c6)cc5)cc43)C=CC2)C1. The van der Waals surface area contributed by atoms with E-state index in [1.165, 1.54) is 65.7 Å². The molecule has 0 atom stereocenters. The van der Waals surface area contributed by atoms with Crippen molar-refractivity contribution in [3.05, 3.63) is 156 Å². The topological polar surface area (TPSA) is 17.3 Å². The number of fused-ring (bicyclic) bond motifs is 4. The Bertz CT molecular complexity index is 2580. The van der Waals surface area contributed by atoms with Gasteiger partial charge in [-0.15, -0.1) is 0 Å². The van der Waals surface area contributed by atoms with Crippen molar-refractivity contribution < 1.29 is 0 Å². The standard InChI is InChI=1S/C43H28N2/c1-2-9-31-24-33(22-19-27(31)8-1)43-42(44-39-16-3-4-23-45(39)43)30-20-17-28(18-21-30)34-25-32-12-7-14-36-35-13-5-10-29-11-6-15-37(40(29)35)38(26-34)41(32)36/h1-12,15-26H,13-14H2. The summed E-state index contributed by atoms with van der Waals surface area (Å²) >= 11 is 0. The Hall–Kier alpha value is -5.73. The van der Waals surface area contributed by atoms with Crippen molar-refractivity contribution in [1.29, 1.82) is 0 Å². The van der Waals surface area contributed by atoms with E-state index >= 15 is 0 Å². The molecule has 0 bridgehead atoms. The number of imidazole rings is 1. The third-order valence-corrected chi connectivity index (χ3v) is 9.81. The molecule has 0 amide bonds. The summed E-state index contributed by atoms with van der Waals surface area (Å²) in [5, 5.41) is 8.06. The highest BCUT2D eigenvalue weighted by atomic mass is 15.0. The Morgan fingerprint density at radius 1 is 0.511 bits per heavy atom. The van der Waals surface area contributed by atoms with Crippen LogP contribution in [0.4, 0.5) is 0 Å². The maximum atomic E-state index is 5.14. The minimum atomic E-state index is 0.949. The third-order valence-electron chi connectivity index (χ3n) is 9.81. The fourth-order valence-corrected chi connectivity index (χ4v) is 7.77. The molecule has 0 spiro atoms. The molecule has 0 N–H and O–H groups in total. The van der Waals surface area contributed by atoms with Crippen LogP contribution in [0.1, 0.15) is 22.3 Å². The molecule has 0 saturated carbocycles. The van der Waals surface area contributed by atoms with Crippen molar-refractivity contribution in [1.82, 2.24) is 9.38 Å². The molecular formula is C43H28N2. The first-order valence-corrected chi connectivity index (χ1v) is 15.7. The largest absolute Gasteiger partial charge is 0.299 e. The van der Waals surface area contributed by atoms with E-state index in [1.54, 1.807) is 0 Å². The molecule has 2 aromatic heterocycles. The molecule has 2 nitrogen and oxygen atoms in total. The quantitative estimate of drug-likeness (QED) is 0.193. The van der Waals surface area contributed by atoms with Crippen LogP contribution in [0.5, 0.6) is 0 Å². The number of benzene rings is 6. The number of hydrogen-bond donors (Lipinski definition) is 0. The Morgan fingerprint density at radius 2 is 1.24 bits per heavy atom. The van der Waals surface area contributed by atoms with Crippen LogP contribution in [0.15, 0.2) is 134 Å². The monoisotopic (exact) mass is 572 g/mol. The van der Waals surface area contributed by atoms with Crippen LogP contribution in [0.25, 0.3) is 83.8 Å². The molecule has 0 unspecified atom stereocenters. The maximum absolute atomic E-state index is 5.14. The normalized spacial score (nSPS) is 13.4. The molecule has 0 fully saturated rings. The minimum Gasteiger partial charge on any atom is -0.299 e. The summed E-state index contributed by atoms with van der Waals surface area (Å²) in [4.78, 5) is 5.14. The van der Waals surface area contributed by atoms with Crippen molar-refractivity contribution in [2.75, 3.05) is 0 Å². The van der Waals surface area contributed by atoms with E-state index in [0.717, 1.165) is 41.0 Å². The molecule has 0 saturated heterocycles. The second kappa shape index (κ2) is 9.38. The van der Waals surface area contributed by atoms with Gasteiger partial charge in [-0.05, 0) is 109 Å². The van der Waals surface area contributed by atoms with E-state index in [1.807, 2.05) is 0 Å². The van der Waals surface area contributed by atoms with Gasteiger partial charge < -0.3 is 0 Å². The summed E-state index contributed by atoms with van der Waals surface area (Å²) in [6.07, 6.45) is 13.4. The number of pyridine rings is 1. The van der Waals surface area contributed by atoms with Crippen LogP contribution in [-0.2, 0) is 12.8 Å². The molecule has 210 valence electrons. The predicted octanol–water partition coefficient (Wildman–Crippen LogP) is 10.9. The van der Waals surface area contributed by atoms with Gasteiger partial charge in [-0.2, -0.15) is 0 Å². The number of allylic oxidation sites excluding steroid dienone is 2. The van der Waals surface area contributed by atoms with Gasteiger partial charge in [0, 0.05) is 17.3 Å². The van der Waals surface area contributed by atoms with Gasteiger partial charge in [0.1, 0.15) is 5.65 Å². The van der Waals surface area contributed by atoms with Crippen LogP contribution in [0.3, 0.4) is 0 Å². The van der Waals surface area contributed by atoms with Gasteiger partial charge >= 0.3 is 0 Å². The lowest BCUT2D eigenvalue weighted by atomic mass is 9.80. The van der Waals surface area contributed by atoms with Crippen LogP contribution in [-0.4, -0.2) is 9.38 Å². The molecule has 2 heterocycles. The summed E-state index contributed by atoms with van der Waals surface area (Å²) in [5.41, 5.74) is 13.5. The summed E-state index contributed by atoms with van der Waals surface area (Å²) < 4.78 is 2.21. The van der Waals surface area contributed by atoms with Crippen LogP contribution >= 0.6 is 0 Å². The zero-order valence-corrected chi connectivity index (χ0v) is 24.7. The zero-order valence-electron chi connectivity index (χ0n) is 24.7.